The van der Waals surface area contributed by atoms with Gasteiger partial charge in [0.05, 0.1) is 0 Å². The summed E-state index contributed by atoms with van der Waals surface area (Å²) >= 11 is 0. The average Bonchev–Trinajstić information content (AvgIpc) is 2.43. The van der Waals surface area contributed by atoms with Gasteiger partial charge in [0, 0.05) is 6.07 Å². The van der Waals surface area contributed by atoms with Gasteiger partial charge in [0.1, 0.15) is 5.76 Å². The number of hydrogen-bond acceptors (Lipinski definition) is 7. The molecule has 5 N–H and O–H groups in total. The number of aryl methyl sites for hydroxylation is 1. The van der Waals surface area contributed by atoms with Crippen molar-refractivity contribution in [2.24, 2.45) is 4.99 Å². The standard InChI is InChI=1S/C5H8N2O7P2/c1-3-2-4(7-14-3)6-5(15(8,9)10)16(11,12)13/h2,8-10H,1H3,(H-,11,12,13)/p+1. The third-order valence-electron chi connectivity index (χ3n) is 1.36. The average molecular weight is 271 g/mol. The molecule has 16 heavy (non-hydrogen) atoms. The maximum absolute atomic E-state index is 10.8. The molecule has 1 aromatic heterocycles. The van der Waals surface area contributed by atoms with Crippen molar-refractivity contribution in [3.8, 4) is 0 Å². The fourth-order valence-corrected chi connectivity index (χ4v) is 2.68. The van der Waals surface area contributed by atoms with Crippen LogP contribution in [0.3, 0.4) is 0 Å². The predicted molar refractivity (Wildman–Crippen MR) is 54.0 cm³/mol. The third-order valence-corrected chi connectivity index (χ3v) is 4.20. The summed E-state index contributed by atoms with van der Waals surface area (Å²) < 4.78 is 15.4. The zero-order valence-electron chi connectivity index (χ0n) is 7.92. The predicted octanol–water partition coefficient (Wildman–Crippen LogP) is -0.112. The van der Waals surface area contributed by atoms with Gasteiger partial charge in [-0.3, -0.25) is 0 Å². The van der Waals surface area contributed by atoms with E-state index in [-0.39, 0.29) is 5.82 Å². The normalized spacial score (nSPS) is 14.2. The second-order valence-corrected chi connectivity index (χ2v) is 6.24. The molecule has 11 heteroatoms. The van der Waals surface area contributed by atoms with Gasteiger partial charge in [-0.05, 0) is 6.92 Å². The van der Waals surface area contributed by atoms with Crippen LogP contribution >= 0.6 is 15.5 Å². The van der Waals surface area contributed by atoms with Gasteiger partial charge in [-0.15, -0.1) is 0 Å². The highest BCUT2D eigenvalue weighted by molar-refractivity contribution is 8.00. The topological polar surface area (TPSA) is 157 Å². The quantitative estimate of drug-likeness (QED) is 0.376. The third kappa shape index (κ3) is 3.43. The fourth-order valence-electron chi connectivity index (χ4n) is 0.815. The minimum absolute atomic E-state index is 0.280. The van der Waals surface area contributed by atoms with Gasteiger partial charge in [-0.1, -0.05) is 5.16 Å². The summed E-state index contributed by atoms with van der Waals surface area (Å²) in [6.45, 7) is 1.50. The molecule has 0 radical (unpaired) electrons. The number of hydrogen-bond donors (Lipinski definition) is 5. The van der Waals surface area contributed by atoms with Crippen molar-refractivity contribution < 1.29 is 33.6 Å². The maximum Gasteiger partial charge on any atom is 0.469 e. The van der Waals surface area contributed by atoms with Gasteiger partial charge in [0.2, 0.25) is 0 Å². The molecular weight excluding hydrogens is 262 g/mol. The van der Waals surface area contributed by atoms with Gasteiger partial charge < -0.3 is 14.3 Å². The van der Waals surface area contributed by atoms with E-state index in [0.29, 0.717) is 5.76 Å². The van der Waals surface area contributed by atoms with Crippen LogP contribution in [0.25, 0.3) is 0 Å². The van der Waals surface area contributed by atoms with Crippen LogP contribution in [0.4, 0.5) is 5.82 Å². The van der Waals surface area contributed by atoms with Gasteiger partial charge >= 0.3 is 20.7 Å². The van der Waals surface area contributed by atoms with Crippen LogP contribution in [0.2, 0.25) is 0 Å². The summed E-state index contributed by atoms with van der Waals surface area (Å²) in [6.07, 6.45) is 0. The molecule has 1 aromatic rings. The minimum Gasteiger partial charge on any atom is -0.359 e. The first kappa shape index (κ1) is 13.4. The highest BCUT2D eigenvalue weighted by Gasteiger charge is 2.52. The molecule has 0 unspecified atom stereocenters. The number of rotatable bonds is 3. The molecule has 0 aliphatic carbocycles. The zero-order chi connectivity index (χ0) is 12.6. The Morgan fingerprint density at radius 3 is 2.38 bits per heavy atom. The highest BCUT2D eigenvalue weighted by atomic mass is 31.3. The van der Waals surface area contributed by atoms with Crippen molar-refractivity contribution in [1.82, 2.24) is 5.16 Å². The molecule has 0 atom stereocenters. The van der Waals surface area contributed by atoms with Crippen molar-refractivity contribution in [3.63, 3.8) is 0 Å². The van der Waals surface area contributed by atoms with E-state index in [0.717, 1.165) is 0 Å². The van der Waals surface area contributed by atoms with Gasteiger partial charge in [-0.25, -0.2) is 4.57 Å². The van der Waals surface area contributed by atoms with Crippen molar-refractivity contribution in [1.29, 1.82) is 0 Å². The molecule has 0 saturated carbocycles. The maximum atomic E-state index is 10.8. The van der Waals surface area contributed by atoms with Gasteiger partial charge in [0.25, 0.3) is 0 Å². The Bertz CT molecular complexity index is 456. The second-order valence-electron chi connectivity index (χ2n) is 2.82. The first-order valence-corrected chi connectivity index (χ1v) is 7.02. The molecular formula is C5H9N2O7P2+. The van der Waals surface area contributed by atoms with Crippen LogP contribution in [0, 0.1) is 6.92 Å². The Balaban J connectivity index is 3.23. The lowest BCUT2D eigenvalue weighted by molar-refractivity contribution is 0.349. The Morgan fingerprint density at radius 1 is 1.50 bits per heavy atom. The van der Waals surface area contributed by atoms with Gasteiger partial charge in [0.15, 0.2) is 5.82 Å². The Morgan fingerprint density at radius 2 is 2.06 bits per heavy atom. The molecule has 0 bridgehead atoms. The molecule has 0 spiro atoms. The van der Waals surface area contributed by atoms with Gasteiger partial charge in [-0.2, -0.15) is 19.7 Å². The second kappa shape index (κ2) is 4.31. The van der Waals surface area contributed by atoms with Crippen molar-refractivity contribution >= 4 is 26.6 Å². The molecule has 0 saturated heterocycles. The minimum atomic E-state index is -5.09. The zero-order valence-corrected chi connectivity index (χ0v) is 9.71. The van der Waals surface area contributed by atoms with E-state index in [9.17, 15) is 4.57 Å². The largest absolute Gasteiger partial charge is 0.469 e. The first-order chi connectivity index (χ1) is 7.10. The summed E-state index contributed by atoms with van der Waals surface area (Å²) in [5, 5.41) is 1.84. The Kier molecular flexibility index (Phi) is 3.61. The van der Waals surface area contributed by atoms with Crippen molar-refractivity contribution in [3.05, 3.63) is 11.8 Å². The highest BCUT2D eigenvalue weighted by Crippen LogP contribution is 2.60. The lowest BCUT2D eigenvalue weighted by Crippen LogP contribution is -2.05. The van der Waals surface area contributed by atoms with Crippen molar-refractivity contribution in [2.45, 2.75) is 6.92 Å². The summed E-state index contributed by atoms with van der Waals surface area (Å²) in [6, 6.07) is 1.20. The first-order valence-electron chi connectivity index (χ1n) is 3.76. The summed E-state index contributed by atoms with van der Waals surface area (Å²) in [5.41, 5.74) is 0. The van der Waals surface area contributed by atoms with E-state index in [4.69, 9.17) is 24.5 Å². The number of nitrogens with zero attached hydrogens (tertiary/aromatic N) is 2. The van der Waals surface area contributed by atoms with E-state index in [1.54, 1.807) is 0 Å². The molecule has 0 fully saturated rings. The molecule has 0 amide bonds. The van der Waals surface area contributed by atoms with E-state index in [1.165, 1.54) is 13.0 Å². The van der Waals surface area contributed by atoms with Crippen LogP contribution in [0.15, 0.2) is 15.6 Å². The molecule has 9 nitrogen and oxygen atoms in total. The van der Waals surface area contributed by atoms with Crippen molar-refractivity contribution in [2.75, 3.05) is 0 Å². The molecule has 1 rings (SSSR count). The molecule has 1 heterocycles. The van der Waals surface area contributed by atoms with Crippen LogP contribution in [-0.2, 0) is 4.57 Å². The molecule has 90 valence electrons. The Hall–Kier alpha value is -0.660. The fraction of sp³-hybridized carbons (Fsp3) is 0.200. The van der Waals surface area contributed by atoms with E-state index in [2.05, 4.69) is 14.7 Å². The lowest BCUT2D eigenvalue weighted by atomic mass is 10.5. The summed E-state index contributed by atoms with van der Waals surface area (Å²) in [7, 11) is -9.98. The molecule has 0 aromatic carbocycles. The molecule has 0 aliphatic heterocycles. The smallest absolute Gasteiger partial charge is 0.359 e. The summed E-state index contributed by atoms with van der Waals surface area (Å²) in [5.74, 6) is 0.0268. The van der Waals surface area contributed by atoms with E-state index >= 15 is 0 Å². The summed E-state index contributed by atoms with van der Waals surface area (Å²) in [4.78, 5) is 47.1. The SMILES string of the molecule is Cc1cc(N=C(P(=O)(O)O)[P+](O)(O)O)no1. The van der Waals surface area contributed by atoms with E-state index < -0.39 is 20.7 Å². The van der Waals surface area contributed by atoms with Crippen LogP contribution in [-0.4, -0.2) is 34.8 Å². The monoisotopic (exact) mass is 271 g/mol. The number of aliphatic imine (C=N–C) groups is 1. The van der Waals surface area contributed by atoms with Crippen LogP contribution in [0.5, 0.6) is 0 Å². The van der Waals surface area contributed by atoms with Crippen LogP contribution < -0.4 is 0 Å². The lowest BCUT2D eigenvalue weighted by Gasteiger charge is -2.06. The van der Waals surface area contributed by atoms with E-state index in [1.807, 2.05) is 0 Å². The number of aromatic nitrogens is 1. The molecule has 0 aliphatic rings. The Labute approximate surface area is 89.8 Å². The van der Waals surface area contributed by atoms with Crippen LogP contribution in [0.1, 0.15) is 5.76 Å².